The minimum Gasteiger partial charge on any atom is -0.348 e. The van der Waals surface area contributed by atoms with E-state index in [4.69, 9.17) is 0 Å². The smallest absolute Gasteiger partial charge is 0.262 e. The van der Waals surface area contributed by atoms with Crippen LogP contribution in [0.4, 0.5) is 10.1 Å². The van der Waals surface area contributed by atoms with Crippen LogP contribution in [-0.2, 0) is 16.6 Å². The third-order valence-electron chi connectivity index (χ3n) is 4.86. The van der Waals surface area contributed by atoms with Crippen molar-refractivity contribution >= 4 is 21.6 Å². The number of pyridine rings is 1. The Bertz CT molecular complexity index is 1420. The first-order valence-electron chi connectivity index (χ1n) is 9.94. The zero-order chi connectivity index (χ0) is 23.4. The fourth-order valence-corrected chi connectivity index (χ4v) is 4.27. The molecule has 0 bridgehead atoms. The highest BCUT2D eigenvalue weighted by Crippen LogP contribution is 2.19. The number of hydrogen-bond acceptors (Lipinski definition) is 5. The Morgan fingerprint density at radius 2 is 1.85 bits per heavy atom. The molecule has 0 radical (unpaired) electrons. The third kappa shape index (κ3) is 5.07. The van der Waals surface area contributed by atoms with Crippen molar-refractivity contribution < 1.29 is 17.6 Å². The van der Waals surface area contributed by atoms with Gasteiger partial charge < -0.3 is 5.32 Å². The summed E-state index contributed by atoms with van der Waals surface area (Å²) in [5.74, 6) is 0.308. The predicted molar refractivity (Wildman–Crippen MR) is 121 cm³/mol. The maximum Gasteiger partial charge on any atom is 0.262 e. The molecular weight excluding hydrogens is 445 g/mol. The Morgan fingerprint density at radius 1 is 1.03 bits per heavy atom. The number of hydrogen-bond donors (Lipinski definition) is 2. The number of sulfonamides is 1. The molecule has 10 heteroatoms. The lowest BCUT2D eigenvalue weighted by Gasteiger charge is -2.11. The van der Waals surface area contributed by atoms with Crippen LogP contribution in [0.1, 0.15) is 21.7 Å². The normalized spacial score (nSPS) is 11.2. The number of imidazole rings is 1. The Labute approximate surface area is 190 Å². The topological polar surface area (TPSA) is 106 Å². The monoisotopic (exact) mass is 465 g/mol. The van der Waals surface area contributed by atoms with E-state index in [1.807, 2.05) is 17.6 Å². The van der Waals surface area contributed by atoms with Crippen LogP contribution in [0.15, 0.2) is 84.1 Å². The Kier molecular flexibility index (Phi) is 6.18. The number of carbonyl (C=O) groups is 1. The van der Waals surface area contributed by atoms with Crippen LogP contribution in [-0.4, -0.2) is 28.9 Å². The second-order valence-corrected chi connectivity index (χ2v) is 8.85. The lowest BCUT2D eigenvalue weighted by molar-refractivity contribution is 0.0950. The van der Waals surface area contributed by atoms with Crippen LogP contribution in [0.25, 0.3) is 5.82 Å². The van der Waals surface area contributed by atoms with Crippen molar-refractivity contribution in [3.05, 3.63) is 102 Å². The summed E-state index contributed by atoms with van der Waals surface area (Å²) in [5, 5.41) is 2.77. The average molecular weight is 466 g/mol. The van der Waals surface area contributed by atoms with E-state index in [1.165, 1.54) is 42.5 Å². The number of carbonyl (C=O) groups excluding carboxylic acids is 1. The van der Waals surface area contributed by atoms with Crippen molar-refractivity contribution in [3.8, 4) is 5.82 Å². The fourth-order valence-electron chi connectivity index (χ4n) is 3.16. The standard InChI is InChI=1S/C23H20FN5O3S/c1-16-25-11-12-29(16)22-13-17(9-10-26-22)15-27-23(30)18-5-4-6-19(14-18)33(31,32)28-21-8-3-2-7-20(21)24/h2-14,28H,15H2,1H3,(H,27,30). The van der Waals surface area contributed by atoms with E-state index >= 15 is 0 Å². The molecule has 1 amide bonds. The highest BCUT2D eigenvalue weighted by atomic mass is 32.2. The Hall–Kier alpha value is -4.05. The second kappa shape index (κ2) is 9.21. The van der Waals surface area contributed by atoms with Crippen LogP contribution >= 0.6 is 0 Å². The van der Waals surface area contributed by atoms with E-state index in [0.29, 0.717) is 5.82 Å². The molecule has 2 heterocycles. The largest absolute Gasteiger partial charge is 0.348 e. The molecule has 0 unspecified atom stereocenters. The molecule has 0 saturated carbocycles. The minimum atomic E-state index is -4.08. The molecule has 8 nitrogen and oxygen atoms in total. The molecule has 4 aromatic rings. The molecule has 0 saturated heterocycles. The van der Waals surface area contributed by atoms with Gasteiger partial charge in [-0.15, -0.1) is 0 Å². The van der Waals surface area contributed by atoms with Crippen molar-refractivity contribution in [3.63, 3.8) is 0 Å². The maximum absolute atomic E-state index is 13.8. The van der Waals surface area contributed by atoms with Gasteiger partial charge >= 0.3 is 0 Å². The molecule has 33 heavy (non-hydrogen) atoms. The summed E-state index contributed by atoms with van der Waals surface area (Å²) in [4.78, 5) is 21.0. The lowest BCUT2D eigenvalue weighted by atomic mass is 10.2. The number of aryl methyl sites for hydroxylation is 1. The van der Waals surface area contributed by atoms with E-state index < -0.39 is 21.7 Å². The van der Waals surface area contributed by atoms with Crippen molar-refractivity contribution in [2.24, 2.45) is 0 Å². The summed E-state index contributed by atoms with van der Waals surface area (Å²) < 4.78 is 43.2. The van der Waals surface area contributed by atoms with Gasteiger partial charge in [-0.1, -0.05) is 18.2 Å². The van der Waals surface area contributed by atoms with E-state index in [-0.39, 0.29) is 22.7 Å². The third-order valence-corrected chi connectivity index (χ3v) is 6.22. The summed E-state index contributed by atoms with van der Waals surface area (Å²) in [5.41, 5.74) is 0.798. The minimum absolute atomic E-state index is 0.153. The molecule has 0 fully saturated rings. The molecule has 2 aromatic carbocycles. The summed E-state index contributed by atoms with van der Waals surface area (Å²) in [6, 6.07) is 14.6. The van der Waals surface area contributed by atoms with Gasteiger partial charge in [0.25, 0.3) is 15.9 Å². The molecule has 0 aliphatic rings. The molecule has 2 aromatic heterocycles. The van der Waals surface area contributed by atoms with Gasteiger partial charge in [0.15, 0.2) is 0 Å². The summed E-state index contributed by atoms with van der Waals surface area (Å²) >= 11 is 0. The number of benzene rings is 2. The molecule has 4 rings (SSSR count). The lowest BCUT2D eigenvalue weighted by Crippen LogP contribution is -2.23. The molecule has 0 spiro atoms. The molecule has 0 atom stereocenters. The first-order valence-corrected chi connectivity index (χ1v) is 11.4. The number of halogens is 1. The van der Waals surface area contributed by atoms with Gasteiger partial charge in [0.05, 0.1) is 10.6 Å². The number of nitrogens with zero attached hydrogens (tertiary/aromatic N) is 3. The van der Waals surface area contributed by atoms with Crippen LogP contribution in [0, 0.1) is 12.7 Å². The zero-order valence-corrected chi connectivity index (χ0v) is 18.4. The molecular formula is C23H20FN5O3S. The quantitative estimate of drug-likeness (QED) is 0.435. The van der Waals surface area contributed by atoms with Gasteiger partial charge in [0, 0.05) is 30.7 Å². The molecule has 168 valence electrons. The van der Waals surface area contributed by atoms with Gasteiger partial charge in [-0.2, -0.15) is 0 Å². The van der Waals surface area contributed by atoms with Gasteiger partial charge in [-0.25, -0.2) is 22.8 Å². The number of amides is 1. The highest BCUT2D eigenvalue weighted by Gasteiger charge is 2.18. The first kappa shape index (κ1) is 22.2. The highest BCUT2D eigenvalue weighted by molar-refractivity contribution is 7.92. The van der Waals surface area contributed by atoms with Crippen molar-refractivity contribution in [2.45, 2.75) is 18.4 Å². The summed E-state index contributed by atoms with van der Waals surface area (Å²) in [7, 11) is -4.08. The zero-order valence-electron chi connectivity index (χ0n) is 17.6. The van der Waals surface area contributed by atoms with Gasteiger partial charge in [-0.05, 0) is 55.0 Å². The van der Waals surface area contributed by atoms with Crippen molar-refractivity contribution in [1.29, 1.82) is 0 Å². The average Bonchev–Trinajstić information content (AvgIpc) is 3.25. The van der Waals surface area contributed by atoms with E-state index in [2.05, 4.69) is 20.0 Å². The van der Waals surface area contributed by atoms with E-state index in [1.54, 1.807) is 24.7 Å². The van der Waals surface area contributed by atoms with Gasteiger partial charge in [-0.3, -0.25) is 14.1 Å². The summed E-state index contributed by atoms with van der Waals surface area (Å²) in [6.07, 6.45) is 5.10. The van der Waals surface area contributed by atoms with Crippen molar-refractivity contribution in [2.75, 3.05) is 4.72 Å². The fraction of sp³-hybridized carbons (Fsp3) is 0.0870. The first-order chi connectivity index (χ1) is 15.8. The Morgan fingerprint density at radius 3 is 2.61 bits per heavy atom. The summed E-state index contributed by atoms with van der Waals surface area (Å²) in [6.45, 7) is 2.07. The molecule has 0 aliphatic carbocycles. The number of nitrogens with one attached hydrogen (secondary N) is 2. The number of rotatable bonds is 7. The number of anilines is 1. The predicted octanol–water partition coefficient (Wildman–Crippen LogP) is 3.45. The molecule has 0 aliphatic heterocycles. The Balaban J connectivity index is 1.47. The SMILES string of the molecule is Cc1nccn1-c1cc(CNC(=O)c2cccc(S(=O)(=O)Nc3ccccc3F)c2)ccn1. The van der Waals surface area contributed by atoms with Crippen LogP contribution in [0.5, 0.6) is 0 Å². The van der Waals surface area contributed by atoms with Crippen molar-refractivity contribution in [1.82, 2.24) is 19.9 Å². The molecule has 2 N–H and O–H groups in total. The van der Waals surface area contributed by atoms with Crippen LogP contribution in [0.3, 0.4) is 0 Å². The van der Waals surface area contributed by atoms with E-state index in [9.17, 15) is 17.6 Å². The second-order valence-electron chi connectivity index (χ2n) is 7.16. The maximum atomic E-state index is 13.8. The van der Waals surface area contributed by atoms with Crippen LogP contribution in [0.2, 0.25) is 0 Å². The number of aromatic nitrogens is 3. The van der Waals surface area contributed by atoms with Gasteiger partial charge in [0.2, 0.25) is 0 Å². The van der Waals surface area contributed by atoms with E-state index in [0.717, 1.165) is 17.5 Å². The van der Waals surface area contributed by atoms with Gasteiger partial charge in [0.1, 0.15) is 17.5 Å². The van der Waals surface area contributed by atoms with Crippen LogP contribution < -0.4 is 10.0 Å². The number of para-hydroxylation sites is 1.